The summed E-state index contributed by atoms with van der Waals surface area (Å²) in [5, 5.41) is 3.66. The topological polar surface area (TPSA) is 150 Å². The van der Waals surface area contributed by atoms with Gasteiger partial charge in [0.25, 0.3) is 5.92 Å². The van der Waals surface area contributed by atoms with Crippen LogP contribution in [-0.2, 0) is 25.2 Å². The molecule has 41 heavy (non-hydrogen) atoms. The van der Waals surface area contributed by atoms with E-state index in [1.54, 1.807) is 0 Å². The van der Waals surface area contributed by atoms with Crippen molar-refractivity contribution in [1.82, 2.24) is 15.4 Å². The van der Waals surface area contributed by atoms with Crippen molar-refractivity contribution in [2.75, 3.05) is 18.5 Å². The molecule has 1 heterocycles. The molecule has 0 unspecified atom stereocenters. The van der Waals surface area contributed by atoms with Crippen molar-refractivity contribution in [3.63, 3.8) is 0 Å². The molecule has 0 fully saturated rings. The lowest BCUT2D eigenvalue weighted by Gasteiger charge is -2.33. The van der Waals surface area contributed by atoms with E-state index in [4.69, 9.17) is 26.1 Å². The third-order valence-corrected chi connectivity index (χ3v) is 6.36. The third-order valence-electron chi connectivity index (χ3n) is 5.47. The number of benzene rings is 2. The van der Waals surface area contributed by atoms with Crippen LogP contribution in [0, 0.1) is 11.6 Å². The standard InChI is InChI=1S/C24H24ClF4N4O7P/c1-14(34)33(31-11-16-3-2-4-20(27)22(16)25)19(9-24(28,29)13-40-41(36,37)38)12-39-23(35)32-21-8-17-7-18(26)6-5-15(17)10-30-21/h2-8,10,19,31H,9,11-13H2,1H3,(H,30,32,35)(H2,36,37,38)/t19-/m0/s1. The van der Waals surface area contributed by atoms with E-state index < -0.39 is 63.1 Å². The SMILES string of the molecule is CC(=O)N(NCc1cccc(F)c1Cl)[C@H](COC(=O)Nc1cc2cc(F)ccc2cn1)CC(F)(F)COP(=O)(O)O. The molecule has 0 aliphatic rings. The van der Waals surface area contributed by atoms with E-state index in [1.807, 2.05) is 0 Å². The monoisotopic (exact) mass is 622 g/mol. The number of aromatic nitrogens is 1. The van der Waals surface area contributed by atoms with E-state index in [1.165, 1.54) is 42.6 Å². The molecule has 0 aliphatic carbocycles. The Hall–Kier alpha value is -3.33. The molecular formula is C24H24ClF4N4O7P. The fraction of sp³-hybridized carbons (Fsp3) is 0.292. The number of pyridine rings is 1. The summed E-state index contributed by atoms with van der Waals surface area (Å²) in [5.74, 6) is -6.08. The van der Waals surface area contributed by atoms with Crippen LogP contribution in [0.25, 0.3) is 10.8 Å². The van der Waals surface area contributed by atoms with Gasteiger partial charge in [0.2, 0.25) is 5.91 Å². The number of halogens is 5. The number of ether oxygens (including phenoxy) is 1. The fourth-order valence-electron chi connectivity index (χ4n) is 3.65. The number of alkyl halides is 2. The molecule has 4 N–H and O–H groups in total. The highest BCUT2D eigenvalue weighted by molar-refractivity contribution is 7.46. The van der Waals surface area contributed by atoms with Gasteiger partial charge in [0.05, 0.1) is 11.1 Å². The first-order valence-electron chi connectivity index (χ1n) is 11.7. The van der Waals surface area contributed by atoms with Crippen molar-refractivity contribution in [2.24, 2.45) is 0 Å². The van der Waals surface area contributed by atoms with E-state index >= 15 is 0 Å². The Morgan fingerprint density at radius 1 is 1.17 bits per heavy atom. The first-order chi connectivity index (χ1) is 19.1. The summed E-state index contributed by atoms with van der Waals surface area (Å²) in [4.78, 5) is 46.4. The number of carbonyl (C=O) groups is 2. The van der Waals surface area contributed by atoms with E-state index in [-0.39, 0.29) is 22.9 Å². The van der Waals surface area contributed by atoms with Crippen molar-refractivity contribution in [2.45, 2.75) is 31.9 Å². The molecule has 0 bridgehead atoms. The molecule has 2 aromatic carbocycles. The number of nitrogens with one attached hydrogen (secondary N) is 2. The molecule has 3 rings (SSSR count). The molecule has 1 atom stereocenters. The van der Waals surface area contributed by atoms with Crippen molar-refractivity contribution < 1.29 is 50.8 Å². The maximum atomic E-state index is 14.7. The van der Waals surface area contributed by atoms with Crippen molar-refractivity contribution in [3.8, 4) is 0 Å². The number of phosphoric acid groups is 1. The summed E-state index contributed by atoms with van der Waals surface area (Å²) in [6, 6.07) is 7.46. The summed E-state index contributed by atoms with van der Waals surface area (Å²) in [7, 11) is -5.25. The predicted octanol–water partition coefficient (Wildman–Crippen LogP) is 4.77. The molecule has 0 saturated heterocycles. The van der Waals surface area contributed by atoms with Gasteiger partial charge in [-0.15, -0.1) is 0 Å². The van der Waals surface area contributed by atoms with Crippen LogP contribution in [0.5, 0.6) is 0 Å². The maximum absolute atomic E-state index is 14.7. The van der Waals surface area contributed by atoms with Gasteiger partial charge >= 0.3 is 13.9 Å². The van der Waals surface area contributed by atoms with Crippen molar-refractivity contribution >= 4 is 48.0 Å². The molecule has 17 heteroatoms. The van der Waals surface area contributed by atoms with Crippen LogP contribution in [-0.4, -0.2) is 57.0 Å². The second-order valence-electron chi connectivity index (χ2n) is 8.70. The summed E-state index contributed by atoms with van der Waals surface area (Å²) >= 11 is 5.92. The van der Waals surface area contributed by atoms with Crippen LogP contribution in [0.1, 0.15) is 18.9 Å². The molecule has 3 aromatic rings. The minimum atomic E-state index is -5.25. The minimum absolute atomic E-state index is 0.0488. The Morgan fingerprint density at radius 2 is 1.90 bits per heavy atom. The average Bonchev–Trinajstić information content (AvgIpc) is 2.87. The predicted molar refractivity (Wildman–Crippen MR) is 139 cm³/mol. The fourth-order valence-corrected chi connectivity index (χ4v) is 4.20. The number of phosphoric ester groups is 1. The Labute approximate surface area is 235 Å². The number of carbonyl (C=O) groups excluding carboxylic acids is 2. The van der Waals surface area contributed by atoms with E-state index in [0.717, 1.165) is 13.0 Å². The zero-order valence-corrected chi connectivity index (χ0v) is 22.8. The molecular weight excluding hydrogens is 599 g/mol. The van der Waals surface area contributed by atoms with Gasteiger partial charge in [-0.05, 0) is 41.3 Å². The molecule has 0 spiro atoms. The highest BCUT2D eigenvalue weighted by atomic mass is 35.5. The minimum Gasteiger partial charge on any atom is -0.447 e. The average molecular weight is 623 g/mol. The third kappa shape index (κ3) is 9.92. The van der Waals surface area contributed by atoms with E-state index in [0.29, 0.717) is 15.8 Å². The molecule has 11 nitrogen and oxygen atoms in total. The number of hydrogen-bond donors (Lipinski definition) is 4. The lowest BCUT2D eigenvalue weighted by atomic mass is 10.1. The Kier molecular flexibility index (Phi) is 10.6. The highest BCUT2D eigenvalue weighted by Gasteiger charge is 2.39. The number of hydrazine groups is 1. The van der Waals surface area contributed by atoms with Gasteiger partial charge in [0.1, 0.15) is 30.7 Å². The molecule has 1 aromatic heterocycles. The van der Waals surface area contributed by atoms with Crippen molar-refractivity contribution in [3.05, 3.63) is 70.9 Å². The molecule has 0 radical (unpaired) electrons. The summed E-state index contributed by atoms with van der Waals surface area (Å²) in [6.07, 6.45) is -1.09. The molecule has 2 amide bonds. The summed E-state index contributed by atoms with van der Waals surface area (Å²) < 4.78 is 76.6. The summed E-state index contributed by atoms with van der Waals surface area (Å²) in [6.45, 7) is -1.85. The lowest BCUT2D eigenvalue weighted by Crippen LogP contribution is -2.53. The van der Waals surface area contributed by atoms with Crippen LogP contribution in [0.2, 0.25) is 5.02 Å². The van der Waals surface area contributed by atoms with Crippen LogP contribution in [0.3, 0.4) is 0 Å². The van der Waals surface area contributed by atoms with E-state index in [2.05, 4.69) is 20.3 Å². The van der Waals surface area contributed by atoms with Gasteiger partial charge in [-0.1, -0.05) is 23.7 Å². The Morgan fingerprint density at radius 3 is 2.59 bits per heavy atom. The van der Waals surface area contributed by atoms with Crippen LogP contribution >= 0.6 is 19.4 Å². The number of nitrogens with zero attached hydrogens (tertiary/aromatic N) is 2. The second kappa shape index (κ2) is 13.6. The zero-order chi connectivity index (χ0) is 30.4. The van der Waals surface area contributed by atoms with E-state index in [9.17, 15) is 31.7 Å². The Bertz CT molecular complexity index is 1460. The van der Waals surface area contributed by atoms with Gasteiger partial charge in [-0.25, -0.2) is 37.3 Å². The van der Waals surface area contributed by atoms with Gasteiger partial charge in [0.15, 0.2) is 0 Å². The van der Waals surface area contributed by atoms with Gasteiger partial charge in [0, 0.05) is 31.5 Å². The molecule has 222 valence electrons. The van der Waals surface area contributed by atoms with Crippen LogP contribution < -0.4 is 10.7 Å². The maximum Gasteiger partial charge on any atom is 0.469 e. The second-order valence-corrected chi connectivity index (χ2v) is 10.3. The number of rotatable bonds is 12. The number of anilines is 1. The van der Waals surface area contributed by atoms with Crippen molar-refractivity contribution in [1.29, 1.82) is 0 Å². The smallest absolute Gasteiger partial charge is 0.447 e. The van der Waals surface area contributed by atoms with Gasteiger partial charge in [-0.3, -0.25) is 19.6 Å². The number of fused-ring (bicyclic) bond motifs is 1. The zero-order valence-electron chi connectivity index (χ0n) is 21.2. The normalized spacial score (nSPS) is 12.7. The quantitative estimate of drug-likeness (QED) is 0.127. The number of hydrogen-bond acceptors (Lipinski definition) is 7. The van der Waals surface area contributed by atoms with Gasteiger partial charge < -0.3 is 14.5 Å². The lowest BCUT2D eigenvalue weighted by molar-refractivity contribution is -0.141. The Balaban J connectivity index is 1.77. The molecule has 0 aliphatic heterocycles. The summed E-state index contributed by atoms with van der Waals surface area (Å²) in [5.41, 5.74) is 2.71. The number of amides is 2. The van der Waals surface area contributed by atoms with Gasteiger partial charge in [-0.2, -0.15) is 0 Å². The largest absolute Gasteiger partial charge is 0.469 e. The van der Waals surface area contributed by atoms with Crippen LogP contribution in [0.4, 0.5) is 28.2 Å². The molecule has 0 saturated carbocycles. The first kappa shape index (κ1) is 32.2. The van der Waals surface area contributed by atoms with Crippen LogP contribution in [0.15, 0.2) is 48.7 Å². The highest BCUT2D eigenvalue weighted by Crippen LogP contribution is 2.38. The first-order valence-corrected chi connectivity index (χ1v) is 13.6.